The predicted octanol–water partition coefficient (Wildman–Crippen LogP) is -1.40. The molecule has 3 unspecified atom stereocenters. The monoisotopic (exact) mass is 259 g/mol. The first-order chi connectivity index (χ1) is 7.45. The van der Waals surface area contributed by atoms with E-state index in [1.807, 2.05) is 0 Å². The Morgan fingerprint density at radius 2 is 1.94 bits per heavy atom. The summed E-state index contributed by atoms with van der Waals surface area (Å²) in [6.45, 7) is -2.44. The summed E-state index contributed by atoms with van der Waals surface area (Å²) in [5.74, 6) is 0. The van der Waals surface area contributed by atoms with Gasteiger partial charge in [-0.1, -0.05) is 5.18 Å². The van der Waals surface area contributed by atoms with Crippen LogP contribution in [-0.2, 0) is 13.6 Å². The molecule has 0 bridgehead atoms. The van der Waals surface area contributed by atoms with E-state index in [0.717, 1.165) is 0 Å². The standard InChI is InChI=1S/C6H14NO8P/c8-2-5(10)4-14-16(12,13)15-6(3-9)1-7-11/h5-6,8-10H,1-4H2,(H,12,13). The maximum atomic E-state index is 11.1. The van der Waals surface area contributed by atoms with E-state index in [2.05, 4.69) is 14.2 Å². The molecule has 4 N–H and O–H groups in total. The zero-order valence-corrected chi connectivity index (χ0v) is 9.19. The summed E-state index contributed by atoms with van der Waals surface area (Å²) in [4.78, 5) is 18.9. The average Bonchev–Trinajstić information content (AvgIpc) is 2.25. The van der Waals surface area contributed by atoms with Crippen molar-refractivity contribution < 1.29 is 33.8 Å². The van der Waals surface area contributed by atoms with Crippen molar-refractivity contribution in [3.8, 4) is 0 Å². The van der Waals surface area contributed by atoms with Crippen LogP contribution in [0.3, 0.4) is 0 Å². The highest BCUT2D eigenvalue weighted by atomic mass is 31.2. The molecule has 0 rings (SSSR count). The van der Waals surface area contributed by atoms with Crippen molar-refractivity contribution in [1.82, 2.24) is 0 Å². The van der Waals surface area contributed by atoms with Gasteiger partial charge in [-0.25, -0.2) is 4.57 Å². The van der Waals surface area contributed by atoms with E-state index in [9.17, 15) is 9.47 Å². The summed E-state index contributed by atoms with van der Waals surface area (Å²) in [6.07, 6.45) is -2.57. The summed E-state index contributed by atoms with van der Waals surface area (Å²) >= 11 is 0. The third kappa shape index (κ3) is 6.96. The highest BCUT2D eigenvalue weighted by Crippen LogP contribution is 2.44. The fourth-order valence-corrected chi connectivity index (χ4v) is 1.59. The molecule has 0 aromatic rings. The third-order valence-corrected chi connectivity index (χ3v) is 2.44. The second kappa shape index (κ2) is 7.80. The Hall–Kier alpha value is -0.410. The molecule has 96 valence electrons. The minimum Gasteiger partial charge on any atom is -0.394 e. The van der Waals surface area contributed by atoms with Gasteiger partial charge in [-0.15, -0.1) is 0 Å². The molecule has 0 heterocycles. The molecule has 3 atom stereocenters. The van der Waals surface area contributed by atoms with Crippen LogP contribution in [0.4, 0.5) is 0 Å². The normalized spacial score (nSPS) is 18.8. The molecule has 0 radical (unpaired) electrons. The summed E-state index contributed by atoms with van der Waals surface area (Å²) in [5, 5.41) is 28.3. The highest BCUT2D eigenvalue weighted by Gasteiger charge is 2.27. The van der Waals surface area contributed by atoms with Crippen LogP contribution in [0.1, 0.15) is 0 Å². The van der Waals surface area contributed by atoms with Crippen LogP contribution in [0, 0.1) is 4.91 Å². The average molecular weight is 259 g/mol. The van der Waals surface area contributed by atoms with Gasteiger partial charge >= 0.3 is 7.82 Å². The summed E-state index contributed by atoms with van der Waals surface area (Å²) in [6, 6.07) is 0. The number of hydrogen-bond acceptors (Lipinski definition) is 8. The van der Waals surface area contributed by atoms with Gasteiger partial charge < -0.3 is 20.2 Å². The van der Waals surface area contributed by atoms with Crippen molar-refractivity contribution in [1.29, 1.82) is 0 Å². The predicted molar refractivity (Wildman–Crippen MR) is 51.5 cm³/mol. The van der Waals surface area contributed by atoms with Gasteiger partial charge in [-0.3, -0.25) is 9.05 Å². The zero-order valence-electron chi connectivity index (χ0n) is 8.30. The quantitative estimate of drug-likeness (QED) is 0.292. The van der Waals surface area contributed by atoms with Crippen molar-refractivity contribution in [3.63, 3.8) is 0 Å². The Kier molecular flexibility index (Phi) is 7.60. The van der Waals surface area contributed by atoms with E-state index in [-0.39, 0.29) is 0 Å². The molecule has 0 spiro atoms. The molecule has 0 aliphatic heterocycles. The molecule has 0 saturated heterocycles. The molecule has 0 amide bonds. The number of nitrogens with zero attached hydrogens (tertiary/aromatic N) is 1. The van der Waals surface area contributed by atoms with Gasteiger partial charge in [0.2, 0.25) is 0 Å². The van der Waals surface area contributed by atoms with Crippen molar-refractivity contribution in [2.24, 2.45) is 5.18 Å². The molecular formula is C6H14NO8P. The second-order valence-electron chi connectivity index (χ2n) is 2.82. The molecule has 0 aromatic heterocycles. The van der Waals surface area contributed by atoms with Crippen LogP contribution in [-0.4, -0.2) is 58.8 Å². The van der Waals surface area contributed by atoms with Crippen LogP contribution in [0.15, 0.2) is 5.18 Å². The third-order valence-electron chi connectivity index (χ3n) is 1.40. The fraction of sp³-hybridized carbons (Fsp3) is 1.00. The molecule has 0 aliphatic rings. The Labute approximate surface area is 91.2 Å². The van der Waals surface area contributed by atoms with Gasteiger partial charge in [0.1, 0.15) is 18.8 Å². The molecule has 10 heteroatoms. The van der Waals surface area contributed by atoms with E-state index < -0.39 is 46.4 Å². The smallest absolute Gasteiger partial charge is 0.394 e. The maximum Gasteiger partial charge on any atom is 0.472 e. The van der Waals surface area contributed by atoms with Gasteiger partial charge in [-0.05, 0) is 0 Å². The molecule has 16 heavy (non-hydrogen) atoms. The van der Waals surface area contributed by atoms with Gasteiger partial charge in [0.15, 0.2) is 0 Å². The van der Waals surface area contributed by atoms with Gasteiger partial charge in [0, 0.05) is 0 Å². The second-order valence-corrected chi connectivity index (χ2v) is 4.23. The van der Waals surface area contributed by atoms with Crippen molar-refractivity contribution in [2.45, 2.75) is 12.2 Å². The number of hydrogen-bond donors (Lipinski definition) is 4. The lowest BCUT2D eigenvalue weighted by molar-refractivity contribution is 0.0222. The first-order valence-corrected chi connectivity index (χ1v) is 5.79. The summed E-state index contributed by atoms with van der Waals surface area (Å²) in [7, 11) is -4.49. The van der Waals surface area contributed by atoms with Crippen LogP contribution in [0.25, 0.3) is 0 Å². The first kappa shape index (κ1) is 15.6. The van der Waals surface area contributed by atoms with Crippen LogP contribution in [0.5, 0.6) is 0 Å². The SMILES string of the molecule is O=NCC(CO)OP(=O)(O)OCC(O)CO. The zero-order chi connectivity index (χ0) is 12.6. The number of phosphoric ester groups is 1. The van der Waals surface area contributed by atoms with Gasteiger partial charge in [-0.2, -0.15) is 4.91 Å². The summed E-state index contributed by atoms with van der Waals surface area (Å²) < 4.78 is 19.8. The lowest BCUT2D eigenvalue weighted by Crippen LogP contribution is -2.23. The topological polar surface area (TPSA) is 146 Å². The number of nitroso groups, excluding NO2 is 1. The summed E-state index contributed by atoms with van der Waals surface area (Å²) in [5.41, 5.74) is 0. The fourth-order valence-electron chi connectivity index (χ4n) is 0.659. The van der Waals surface area contributed by atoms with Crippen LogP contribution >= 0.6 is 7.82 Å². The van der Waals surface area contributed by atoms with Crippen molar-refractivity contribution >= 4 is 7.82 Å². The van der Waals surface area contributed by atoms with Crippen molar-refractivity contribution in [2.75, 3.05) is 26.4 Å². The first-order valence-electron chi connectivity index (χ1n) is 4.29. The Morgan fingerprint density at radius 1 is 1.31 bits per heavy atom. The Morgan fingerprint density at radius 3 is 2.38 bits per heavy atom. The van der Waals surface area contributed by atoms with Gasteiger partial charge in [0.25, 0.3) is 0 Å². The minimum absolute atomic E-state index is 0.507. The Balaban J connectivity index is 4.10. The van der Waals surface area contributed by atoms with Crippen LogP contribution < -0.4 is 0 Å². The molecule has 0 saturated carbocycles. The van der Waals surface area contributed by atoms with E-state index in [4.69, 9.17) is 20.2 Å². The van der Waals surface area contributed by atoms with E-state index in [1.165, 1.54) is 0 Å². The Bertz CT molecular complexity index is 249. The number of aliphatic hydroxyl groups is 3. The number of phosphoric acid groups is 1. The van der Waals surface area contributed by atoms with E-state index in [1.54, 1.807) is 0 Å². The van der Waals surface area contributed by atoms with E-state index >= 15 is 0 Å². The molecule has 0 fully saturated rings. The molecule has 0 aromatic carbocycles. The largest absolute Gasteiger partial charge is 0.472 e. The van der Waals surface area contributed by atoms with Gasteiger partial charge in [0.05, 0.1) is 19.8 Å². The van der Waals surface area contributed by atoms with Crippen molar-refractivity contribution in [3.05, 3.63) is 4.91 Å². The number of aliphatic hydroxyl groups excluding tert-OH is 3. The minimum atomic E-state index is -4.49. The number of rotatable bonds is 9. The van der Waals surface area contributed by atoms with Crippen LogP contribution in [0.2, 0.25) is 0 Å². The molecular weight excluding hydrogens is 245 g/mol. The molecule has 9 nitrogen and oxygen atoms in total. The highest BCUT2D eigenvalue weighted by molar-refractivity contribution is 7.47. The molecule has 0 aliphatic carbocycles. The lowest BCUT2D eigenvalue weighted by atomic mass is 10.4. The lowest BCUT2D eigenvalue weighted by Gasteiger charge is -2.17. The van der Waals surface area contributed by atoms with E-state index in [0.29, 0.717) is 0 Å². The maximum absolute atomic E-state index is 11.1.